The quantitative estimate of drug-likeness (QED) is 0.854. The Hall–Kier alpha value is -0.600. The van der Waals surface area contributed by atoms with Crippen molar-refractivity contribution in [3.05, 3.63) is 34.6 Å². The first-order chi connectivity index (χ1) is 7.65. The van der Waals surface area contributed by atoms with Crippen molar-refractivity contribution in [2.45, 2.75) is 38.1 Å². The van der Waals surface area contributed by atoms with Crippen LogP contribution in [0.4, 0.5) is 4.39 Å². The minimum absolute atomic E-state index is 0.167. The van der Waals surface area contributed by atoms with Gasteiger partial charge in [0.1, 0.15) is 5.82 Å². The average Bonchev–Trinajstić information content (AvgIpc) is 2.73. The van der Waals surface area contributed by atoms with Crippen LogP contribution in [-0.4, -0.2) is 12.1 Å². The van der Waals surface area contributed by atoms with E-state index in [0.717, 1.165) is 24.9 Å². The number of halogens is 2. The SMILES string of the molecule is CCC1(Cc2ccc(Cl)c(F)c2)CCCN1. The molecule has 3 heteroatoms. The Morgan fingerprint density at radius 1 is 1.50 bits per heavy atom. The van der Waals surface area contributed by atoms with E-state index in [0.29, 0.717) is 0 Å². The second kappa shape index (κ2) is 4.72. The molecular weight excluding hydrogens is 225 g/mol. The van der Waals surface area contributed by atoms with Crippen LogP contribution in [0.2, 0.25) is 5.02 Å². The summed E-state index contributed by atoms with van der Waals surface area (Å²) in [6, 6.07) is 5.12. The zero-order valence-corrected chi connectivity index (χ0v) is 10.3. The fraction of sp³-hybridized carbons (Fsp3) is 0.538. The van der Waals surface area contributed by atoms with Crippen LogP contribution >= 0.6 is 11.6 Å². The second-order valence-electron chi connectivity index (χ2n) is 4.59. The highest BCUT2D eigenvalue weighted by molar-refractivity contribution is 6.30. The lowest BCUT2D eigenvalue weighted by Gasteiger charge is -2.28. The minimum Gasteiger partial charge on any atom is -0.311 e. The molecule has 1 heterocycles. The molecule has 1 aromatic rings. The molecular formula is C13H17ClFN. The van der Waals surface area contributed by atoms with Crippen LogP contribution in [0.25, 0.3) is 0 Å². The summed E-state index contributed by atoms with van der Waals surface area (Å²) in [6.07, 6.45) is 4.35. The van der Waals surface area contributed by atoms with Gasteiger partial charge in [0.05, 0.1) is 5.02 Å². The highest BCUT2D eigenvalue weighted by Crippen LogP contribution is 2.28. The van der Waals surface area contributed by atoms with Crippen molar-refractivity contribution in [1.82, 2.24) is 5.32 Å². The third kappa shape index (κ3) is 2.38. The highest BCUT2D eigenvalue weighted by Gasteiger charge is 2.31. The number of hydrogen-bond acceptors (Lipinski definition) is 1. The topological polar surface area (TPSA) is 12.0 Å². The minimum atomic E-state index is -0.316. The fourth-order valence-electron chi connectivity index (χ4n) is 2.49. The molecule has 1 N–H and O–H groups in total. The van der Waals surface area contributed by atoms with E-state index in [9.17, 15) is 4.39 Å². The third-order valence-electron chi connectivity index (χ3n) is 3.54. The lowest BCUT2D eigenvalue weighted by Crippen LogP contribution is -2.41. The standard InChI is InChI=1S/C13H17ClFN/c1-2-13(6-3-7-16-13)9-10-4-5-11(14)12(15)8-10/h4-5,8,16H,2-3,6-7,9H2,1H3. The van der Waals surface area contributed by atoms with Crippen LogP contribution in [0.15, 0.2) is 18.2 Å². The normalized spacial score (nSPS) is 24.9. The number of benzene rings is 1. The number of rotatable bonds is 3. The summed E-state index contributed by atoms with van der Waals surface area (Å²) in [5, 5.41) is 3.75. The van der Waals surface area contributed by atoms with Gasteiger partial charge in [0.25, 0.3) is 0 Å². The van der Waals surface area contributed by atoms with Crippen molar-refractivity contribution in [3.63, 3.8) is 0 Å². The summed E-state index contributed by atoms with van der Waals surface area (Å²) >= 11 is 5.68. The van der Waals surface area contributed by atoms with E-state index in [4.69, 9.17) is 11.6 Å². The molecule has 16 heavy (non-hydrogen) atoms. The maximum absolute atomic E-state index is 13.3. The van der Waals surface area contributed by atoms with E-state index in [1.54, 1.807) is 12.1 Å². The maximum Gasteiger partial charge on any atom is 0.142 e. The molecule has 0 aromatic heterocycles. The second-order valence-corrected chi connectivity index (χ2v) is 5.00. The van der Waals surface area contributed by atoms with E-state index in [1.165, 1.54) is 12.8 Å². The van der Waals surface area contributed by atoms with Gasteiger partial charge >= 0.3 is 0 Å². The molecule has 0 saturated carbocycles. The van der Waals surface area contributed by atoms with Gasteiger partial charge in [-0.1, -0.05) is 24.6 Å². The zero-order chi connectivity index (χ0) is 11.6. The first-order valence-corrected chi connectivity index (χ1v) is 6.22. The molecule has 1 fully saturated rings. The molecule has 0 amide bonds. The molecule has 0 radical (unpaired) electrons. The molecule has 1 aliphatic heterocycles. The van der Waals surface area contributed by atoms with Crippen LogP contribution in [-0.2, 0) is 6.42 Å². The Kier molecular flexibility index (Phi) is 3.50. The molecule has 0 spiro atoms. The van der Waals surface area contributed by atoms with Crippen molar-refractivity contribution in [2.24, 2.45) is 0 Å². The summed E-state index contributed by atoms with van der Waals surface area (Å²) < 4.78 is 13.3. The first-order valence-electron chi connectivity index (χ1n) is 5.84. The van der Waals surface area contributed by atoms with Crippen molar-refractivity contribution in [3.8, 4) is 0 Å². The summed E-state index contributed by atoms with van der Waals surface area (Å²) in [5.41, 5.74) is 1.19. The van der Waals surface area contributed by atoms with E-state index >= 15 is 0 Å². The van der Waals surface area contributed by atoms with E-state index in [-0.39, 0.29) is 16.4 Å². The van der Waals surface area contributed by atoms with Gasteiger partial charge in [-0.05, 0) is 49.9 Å². The average molecular weight is 242 g/mol. The van der Waals surface area contributed by atoms with Gasteiger partial charge in [0.15, 0.2) is 0 Å². The third-order valence-corrected chi connectivity index (χ3v) is 3.84. The van der Waals surface area contributed by atoms with Crippen molar-refractivity contribution in [1.29, 1.82) is 0 Å². The Labute approximate surface area is 101 Å². The maximum atomic E-state index is 13.3. The van der Waals surface area contributed by atoms with Crippen molar-refractivity contribution < 1.29 is 4.39 Å². The number of nitrogens with one attached hydrogen (secondary N) is 1. The summed E-state index contributed by atoms with van der Waals surface area (Å²) in [7, 11) is 0. The molecule has 1 aliphatic rings. The Morgan fingerprint density at radius 2 is 2.31 bits per heavy atom. The van der Waals surface area contributed by atoms with Crippen molar-refractivity contribution >= 4 is 11.6 Å². The van der Waals surface area contributed by atoms with E-state index in [2.05, 4.69) is 12.2 Å². The Balaban J connectivity index is 2.16. The summed E-state index contributed by atoms with van der Waals surface area (Å²) in [5.74, 6) is -0.316. The van der Waals surface area contributed by atoms with Gasteiger partial charge in [-0.15, -0.1) is 0 Å². The van der Waals surface area contributed by atoms with Crippen molar-refractivity contribution in [2.75, 3.05) is 6.54 Å². The van der Waals surface area contributed by atoms with Crippen LogP contribution in [0.5, 0.6) is 0 Å². The van der Waals surface area contributed by atoms with Crippen LogP contribution in [0.1, 0.15) is 31.7 Å². The smallest absolute Gasteiger partial charge is 0.142 e. The van der Waals surface area contributed by atoms with Gasteiger partial charge < -0.3 is 5.32 Å². The predicted octanol–water partition coefficient (Wildman–Crippen LogP) is 3.55. The molecule has 2 rings (SSSR count). The number of hydrogen-bond donors (Lipinski definition) is 1. The van der Waals surface area contributed by atoms with Crippen LogP contribution in [0.3, 0.4) is 0 Å². The molecule has 1 nitrogen and oxygen atoms in total. The Bertz CT molecular complexity index is 372. The molecule has 1 saturated heterocycles. The Morgan fingerprint density at radius 3 is 2.88 bits per heavy atom. The molecule has 0 aliphatic carbocycles. The van der Waals surface area contributed by atoms with E-state index in [1.807, 2.05) is 6.07 Å². The monoisotopic (exact) mass is 241 g/mol. The molecule has 0 bridgehead atoms. The summed E-state index contributed by atoms with van der Waals surface area (Å²) in [4.78, 5) is 0. The zero-order valence-electron chi connectivity index (χ0n) is 9.52. The molecule has 1 atom stereocenters. The van der Waals surface area contributed by atoms with Gasteiger partial charge in [-0.2, -0.15) is 0 Å². The van der Waals surface area contributed by atoms with Crippen LogP contribution < -0.4 is 5.32 Å². The fourth-order valence-corrected chi connectivity index (χ4v) is 2.60. The lowest BCUT2D eigenvalue weighted by atomic mass is 9.87. The predicted molar refractivity (Wildman–Crippen MR) is 65.4 cm³/mol. The van der Waals surface area contributed by atoms with Gasteiger partial charge in [0.2, 0.25) is 0 Å². The van der Waals surface area contributed by atoms with Gasteiger partial charge in [0, 0.05) is 5.54 Å². The molecule has 1 unspecified atom stereocenters. The summed E-state index contributed by atoms with van der Waals surface area (Å²) in [6.45, 7) is 3.26. The van der Waals surface area contributed by atoms with E-state index < -0.39 is 0 Å². The highest BCUT2D eigenvalue weighted by atomic mass is 35.5. The largest absolute Gasteiger partial charge is 0.311 e. The van der Waals surface area contributed by atoms with Crippen LogP contribution in [0, 0.1) is 5.82 Å². The van der Waals surface area contributed by atoms with Gasteiger partial charge in [-0.3, -0.25) is 0 Å². The molecule has 88 valence electrons. The molecule has 1 aromatic carbocycles. The lowest BCUT2D eigenvalue weighted by molar-refractivity contribution is 0.359. The first kappa shape index (κ1) is 11.9. The van der Waals surface area contributed by atoms with Gasteiger partial charge in [-0.25, -0.2) is 4.39 Å².